The van der Waals surface area contributed by atoms with Crippen molar-refractivity contribution < 1.29 is 4.42 Å². The van der Waals surface area contributed by atoms with E-state index in [4.69, 9.17) is 4.42 Å². The molecule has 0 aromatic carbocycles. The van der Waals surface area contributed by atoms with E-state index in [1.165, 1.54) is 12.8 Å². The second kappa shape index (κ2) is 3.40. The third-order valence-electron chi connectivity index (χ3n) is 1.46. The number of hydrogen-bond donors (Lipinski definition) is 0. The lowest BCUT2D eigenvalue weighted by Gasteiger charge is -1.99. The molecule has 2 heteroatoms. The molecule has 1 aromatic rings. The van der Waals surface area contributed by atoms with E-state index < -0.39 is 0 Å². The van der Waals surface area contributed by atoms with Crippen LogP contribution in [0.3, 0.4) is 0 Å². The molecule has 0 aliphatic rings. The average molecular weight is 139 g/mol. The molecule has 1 heterocycles. The van der Waals surface area contributed by atoms with Crippen LogP contribution in [0.15, 0.2) is 17.1 Å². The second-order valence-electron chi connectivity index (χ2n) is 2.91. The second-order valence-corrected chi connectivity index (χ2v) is 2.91. The summed E-state index contributed by atoms with van der Waals surface area (Å²) in [6, 6.07) is 0. The Hall–Kier alpha value is -0.790. The van der Waals surface area contributed by atoms with Gasteiger partial charge in [-0.15, -0.1) is 0 Å². The van der Waals surface area contributed by atoms with Crippen LogP contribution in [0.4, 0.5) is 0 Å². The van der Waals surface area contributed by atoms with E-state index in [0.717, 1.165) is 18.0 Å². The van der Waals surface area contributed by atoms with Gasteiger partial charge in [-0.3, -0.25) is 0 Å². The highest BCUT2D eigenvalue weighted by Crippen LogP contribution is 2.05. The highest BCUT2D eigenvalue weighted by molar-refractivity contribution is 4.90. The number of oxazole rings is 1. The van der Waals surface area contributed by atoms with Gasteiger partial charge in [0.15, 0.2) is 6.39 Å². The first kappa shape index (κ1) is 7.32. The van der Waals surface area contributed by atoms with Crippen LogP contribution in [-0.4, -0.2) is 4.98 Å². The van der Waals surface area contributed by atoms with Gasteiger partial charge in [-0.2, -0.15) is 0 Å². The number of hydrogen-bond acceptors (Lipinski definition) is 2. The maximum absolute atomic E-state index is 4.84. The van der Waals surface area contributed by atoms with Crippen molar-refractivity contribution in [2.24, 2.45) is 5.92 Å². The average Bonchev–Trinajstić information content (AvgIpc) is 2.34. The minimum absolute atomic E-state index is 0.747. The summed E-state index contributed by atoms with van der Waals surface area (Å²) in [6.07, 6.45) is 5.42. The van der Waals surface area contributed by atoms with E-state index >= 15 is 0 Å². The fourth-order valence-corrected chi connectivity index (χ4v) is 0.798. The summed E-state index contributed by atoms with van der Waals surface area (Å²) in [5, 5.41) is 0. The van der Waals surface area contributed by atoms with Gasteiger partial charge in [0, 0.05) is 0 Å². The molecule has 0 amide bonds. The summed E-state index contributed by atoms with van der Waals surface area (Å²) in [7, 11) is 0. The van der Waals surface area contributed by atoms with Crippen LogP contribution in [0, 0.1) is 5.92 Å². The molecular weight excluding hydrogens is 126 g/mol. The zero-order valence-electron chi connectivity index (χ0n) is 6.50. The molecule has 1 aromatic heterocycles. The van der Waals surface area contributed by atoms with Crippen LogP contribution in [-0.2, 0) is 6.42 Å². The molecule has 0 aliphatic heterocycles. The van der Waals surface area contributed by atoms with Gasteiger partial charge in [0.2, 0.25) is 0 Å². The Morgan fingerprint density at radius 1 is 1.60 bits per heavy atom. The lowest BCUT2D eigenvalue weighted by Crippen LogP contribution is -1.91. The fraction of sp³-hybridized carbons (Fsp3) is 0.625. The molecule has 0 aliphatic carbocycles. The van der Waals surface area contributed by atoms with Crippen molar-refractivity contribution in [3.8, 4) is 0 Å². The molecule has 0 fully saturated rings. The van der Waals surface area contributed by atoms with Gasteiger partial charge in [0.05, 0.1) is 5.69 Å². The zero-order valence-corrected chi connectivity index (χ0v) is 6.50. The first-order chi connectivity index (χ1) is 4.79. The molecule has 0 saturated carbocycles. The minimum atomic E-state index is 0.747. The SMILES string of the molecule is CC(C)CCc1cocn1. The number of rotatable bonds is 3. The Morgan fingerprint density at radius 2 is 2.40 bits per heavy atom. The van der Waals surface area contributed by atoms with Crippen LogP contribution in [0.1, 0.15) is 26.0 Å². The lowest BCUT2D eigenvalue weighted by atomic mass is 10.1. The van der Waals surface area contributed by atoms with E-state index in [-0.39, 0.29) is 0 Å². The van der Waals surface area contributed by atoms with E-state index in [1.54, 1.807) is 6.26 Å². The van der Waals surface area contributed by atoms with Gasteiger partial charge in [-0.25, -0.2) is 4.98 Å². The Balaban J connectivity index is 2.28. The topological polar surface area (TPSA) is 26.0 Å². The largest absolute Gasteiger partial charge is 0.451 e. The molecule has 10 heavy (non-hydrogen) atoms. The molecule has 1 rings (SSSR count). The summed E-state index contributed by atoms with van der Waals surface area (Å²) in [6.45, 7) is 4.42. The zero-order chi connectivity index (χ0) is 7.40. The van der Waals surface area contributed by atoms with Gasteiger partial charge in [0.1, 0.15) is 6.26 Å². The summed E-state index contributed by atoms with van der Waals surface area (Å²) in [5.74, 6) is 0.747. The number of nitrogens with zero attached hydrogens (tertiary/aromatic N) is 1. The molecule has 0 atom stereocenters. The Bertz CT molecular complexity index is 167. The van der Waals surface area contributed by atoms with Gasteiger partial charge < -0.3 is 4.42 Å². The predicted octanol–water partition coefficient (Wildman–Crippen LogP) is 2.26. The minimum Gasteiger partial charge on any atom is -0.451 e. The molecule has 0 bridgehead atoms. The lowest BCUT2D eigenvalue weighted by molar-refractivity contribution is 0.551. The predicted molar refractivity (Wildman–Crippen MR) is 39.7 cm³/mol. The highest BCUT2D eigenvalue weighted by atomic mass is 16.3. The molecule has 2 nitrogen and oxygen atoms in total. The summed E-state index contributed by atoms with van der Waals surface area (Å²) in [5.41, 5.74) is 1.06. The molecule has 0 unspecified atom stereocenters. The summed E-state index contributed by atoms with van der Waals surface area (Å²) < 4.78 is 4.84. The van der Waals surface area contributed by atoms with Crippen LogP contribution < -0.4 is 0 Å². The molecular formula is C8H13NO. The maximum Gasteiger partial charge on any atom is 0.180 e. The van der Waals surface area contributed by atoms with Gasteiger partial charge in [0.25, 0.3) is 0 Å². The van der Waals surface area contributed by atoms with Crippen LogP contribution in [0.25, 0.3) is 0 Å². The van der Waals surface area contributed by atoms with Crippen molar-refractivity contribution in [1.82, 2.24) is 4.98 Å². The first-order valence-corrected chi connectivity index (χ1v) is 3.66. The van der Waals surface area contributed by atoms with Crippen LogP contribution in [0.2, 0.25) is 0 Å². The van der Waals surface area contributed by atoms with E-state index in [9.17, 15) is 0 Å². The van der Waals surface area contributed by atoms with E-state index in [0.29, 0.717) is 0 Å². The van der Waals surface area contributed by atoms with Crippen molar-refractivity contribution in [1.29, 1.82) is 0 Å². The molecule has 0 saturated heterocycles. The van der Waals surface area contributed by atoms with Crippen molar-refractivity contribution >= 4 is 0 Å². The monoisotopic (exact) mass is 139 g/mol. The smallest absolute Gasteiger partial charge is 0.180 e. The number of aromatic nitrogens is 1. The van der Waals surface area contributed by atoms with Gasteiger partial charge in [-0.05, 0) is 18.8 Å². The van der Waals surface area contributed by atoms with Crippen molar-refractivity contribution in [3.05, 3.63) is 18.4 Å². The normalized spacial score (nSPS) is 10.7. The first-order valence-electron chi connectivity index (χ1n) is 3.66. The third kappa shape index (κ3) is 2.21. The van der Waals surface area contributed by atoms with Gasteiger partial charge in [-0.1, -0.05) is 13.8 Å². The van der Waals surface area contributed by atoms with E-state index in [2.05, 4.69) is 18.8 Å². The third-order valence-corrected chi connectivity index (χ3v) is 1.46. The standard InChI is InChI=1S/C8H13NO/c1-7(2)3-4-8-5-10-6-9-8/h5-7H,3-4H2,1-2H3. The van der Waals surface area contributed by atoms with Crippen LogP contribution in [0.5, 0.6) is 0 Å². The molecule has 0 spiro atoms. The Labute approximate surface area is 61.3 Å². The number of aryl methyl sites for hydroxylation is 1. The van der Waals surface area contributed by atoms with Crippen molar-refractivity contribution in [2.75, 3.05) is 0 Å². The quantitative estimate of drug-likeness (QED) is 0.642. The van der Waals surface area contributed by atoms with Crippen molar-refractivity contribution in [3.63, 3.8) is 0 Å². The van der Waals surface area contributed by atoms with E-state index in [1.807, 2.05) is 0 Å². The summed E-state index contributed by atoms with van der Waals surface area (Å²) >= 11 is 0. The fourth-order valence-electron chi connectivity index (χ4n) is 0.798. The van der Waals surface area contributed by atoms with Crippen molar-refractivity contribution in [2.45, 2.75) is 26.7 Å². The highest BCUT2D eigenvalue weighted by Gasteiger charge is 1.97. The summed E-state index contributed by atoms with van der Waals surface area (Å²) in [4.78, 5) is 4.02. The molecule has 0 N–H and O–H groups in total. The van der Waals surface area contributed by atoms with Gasteiger partial charge >= 0.3 is 0 Å². The maximum atomic E-state index is 4.84. The van der Waals surface area contributed by atoms with Crippen LogP contribution >= 0.6 is 0 Å². The molecule has 56 valence electrons. The molecule has 0 radical (unpaired) electrons. The Morgan fingerprint density at radius 3 is 2.90 bits per heavy atom. The Kier molecular flexibility index (Phi) is 2.49.